The second kappa shape index (κ2) is 9.88. The largest absolute Gasteiger partial charge is 0.378 e. The first-order valence-corrected chi connectivity index (χ1v) is 9.59. The molecule has 0 aromatic carbocycles. The van der Waals surface area contributed by atoms with E-state index in [-0.39, 0.29) is 0 Å². The zero-order valence-corrected chi connectivity index (χ0v) is 15.5. The average molecular weight is 339 g/mol. The van der Waals surface area contributed by atoms with Gasteiger partial charge in [0.15, 0.2) is 5.96 Å². The first-order chi connectivity index (χ1) is 11.2. The smallest absolute Gasteiger partial charge is 0.194 e. The van der Waals surface area contributed by atoms with Crippen LogP contribution in [0.3, 0.4) is 0 Å². The number of guanidine groups is 1. The summed E-state index contributed by atoms with van der Waals surface area (Å²) in [6.07, 6.45) is 6.61. The van der Waals surface area contributed by atoms with Gasteiger partial charge in [0.25, 0.3) is 0 Å². The highest BCUT2D eigenvalue weighted by Crippen LogP contribution is 2.20. The molecule has 1 saturated carbocycles. The quantitative estimate of drug-likeness (QED) is 0.449. The first kappa shape index (κ1) is 18.2. The van der Waals surface area contributed by atoms with Gasteiger partial charge in [0, 0.05) is 32.1 Å². The monoisotopic (exact) mass is 338 g/mol. The highest BCUT2D eigenvalue weighted by molar-refractivity contribution is 7.09. The topological polar surface area (TPSA) is 49.8 Å². The molecule has 5 nitrogen and oxygen atoms in total. The molecule has 0 unspecified atom stereocenters. The summed E-state index contributed by atoms with van der Waals surface area (Å²) in [7, 11) is 2.06. The molecule has 23 heavy (non-hydrogen) atoms. The molecule has 0 bridgehead atoms. The molecule has 1 aliphatic carbocycles. The number of hydrogen-bond donors (Lipinski definition) is 1. The maximum Gasteiger partial charge on any atom is 0.194 e. The van der Waals surface area contributed by atoms with E-state index in [1.165, 1.54) is 25.7 Å². The summed E-state index contributed by atoms with van der Waals surface area (Å²) < 4.78 is 5.89. The third-order valence-corrected chi connectivity index (χ3v) is 4.80. The Labute approximate surface area is 144 Å². The van der Waals surface area contributed by atoms with Crippen LogP contribution in [0.1, 0.15) is 49.7 Å². The third-order valence-electron chi connectivity index (χ3n) is 3.98. The molecule has 0 radical (unpaired) electrons. The minimum absolute atomic E-state index is 0.503. The Hall–Kier alpha value is -1.14. The van der Waals surface area contributed by atoms with Crippen LogP contribution in [0.25, 0.3) is 0 Å². The zero-order chi connectivity index (χ0) is 16.5. The van der Waals surface area contributed by atoms with E-state index in [1.807, 2.05) is 6.92 Å². The Morgan fingerprint density at radius 1 is 1.48 bits per heavy atom. The van der Waals surface area contributed by atoms with Crippen molar-refractivity contribution in [2.45, 2.75) is 58.6 Å². The van der Waals surface area contributed by atoms with Gasteiger partial charge in [-0.05, 0) is 33.1 Å². The van der Waals surface area contributed by atoms with E-state index < -0.39 is 0 Å². The van der Waals surface area contributed by atoms with Gasteiger partial charge in [0.2, 0.25) is 0 Å². The highest BCUT2D eigenvalue weighted by atomic mass is 32.1. The fourth-order valence-corrected chi connectivity index (χ4v) is 3.43. The van der Waals surface area contributed by atoms with Crippen molar-refractivity contribution in [1.29, 1.82) is 0 Å². The van der Waals surface area contributed by atoms with E-state index >= 15 is 0 Å². The summed E-state index contributed by atoms with van der Waals surface area (Å²) >= 11 is 1.69. The Morgan fingerprint density at radius 3 is 2.91 bits per heavy atom. The van der Waals surface area contributed by atoms with Crippen molar-refractivity contribution in [3.05, 3.63) is 16.1 Å². The van der Waals surface area contributed by atoms with Gasteiger partial charge in [-0.2, -0.15) is 0 Å². The first-order valence-electron chi connectivity index (χ1n) is 8.71. The lowest BCUT2D eigenvalue weighted by Gasteiger charge is -2.21. The maximum atomic E-state index is 5.89. The van der Waals surface area contributed by atoms with E-state index in [1.54, 1.807) is 11.3 Å². The second-order valence-electron chi connectivity index (χ2n) is 6.08. The van der Waals surface area contributed by atoms with Crippen molar-refractivity contribution >= 4 is 17.3 Å². The molecule has 1 aromatic heterocycles. The predicted molar refractivity (Wildman–Crippen MR) is 97.1 cm³/mol. The molecule has 1 fully saturated rings. The molecule has 6 heteroatoms. The average Bonchev–Trinajstić information content (AvgIpc) is 3.17. The van der Waals surface area contributed by atoms with Gasteiger partial charge >= 0.3 is 0 Å². The van der Waals surface area contributed by atoms with Crippen LogP contribution in [-0.2, 0) is 11.3 Å². The molecular weight excluding hydrogens is 308 g/mol. The Kier molecular flexibility index (Phi) is 7.82. The van der Waals surface area contributed by atoms with Gasteiger partial charge in [-0.15, -0.1) is 11.3 Å². The number of rotatable bonds is 8. The molecule has 1 aliphatic rings. The lowest BCUT2D eigenvalue weighted by Crippen LogP contribution is -2.38. The number of ether oxygens (including phenoxy) is 1. The Bertz CT molecular complexity index is 483. The number of aliphatic imine (C=N–C) groups is 1. The number of hydrogen-bond acceptors (Lipinski definition) is 4. The number of nitrogens with zero attached hydrogens (tertiary/aromatic N) is 3. The normalized spacial score (nSPS) is 16.0. The molecule has 2 rings (SSSR count). The number of nitrogens with one attached hydrogen (secondary N) is 1. The van der Waals surface area contributed by atoms with Crippen molar-refractivity contribution in [3.8, 4) is 0 Å². The molecule has 130 valence electrons. The molecule has 0 aliphatic heterocycles. The lowest BCUT2D eigenvalue weighted by molar-refractivity contribution is 0.0579. The van der Waals surface area contributed by atoms with Crippen LogP contribution in [0.15, 0.2) is 10.4 Å². The standard InChI is InChI=1S/C17H30N4OS/c1-4-18-17(21(3)12-15-13-23-14(2)20-15)19-10-7-11-22-16-8-5-6-9-16/h13,16H,4-12H2,1-3H3,(H,18,19). The van der Waals surface area contributed by atoms with Gasteiger partial charge in [-0.3, -0.25) is 4.99 Å². The number of aromatic nitrogens is 1. The van der Waals surface area contributed by atoms with E-state index in [0.29, 0.717) is 6.10 Å². The molecule has 0 saturated heterocycles. The number of aryl methyl sites for hydroxylation is 1. The summed E-state index contributed by atoms with van der Waals surface area (Å²) in [4.78, 5) is 11.4. The summed E-state index contributed by atoms with van der Waals surface area (Å²) in [6.45, 7) is 7.42. The SMILES string of the molecule is CCNC(=NCCCOC1CCCC1)N(C)Cc1csc(C)n1. The maximum absolute atomic E-state index is 5.89. The van der Waals surface area contributed by atoms with Gasteiger partial charge in [-0.1, -0.05) is 12.8 Å². The van der Waals surface area contributed by atoms with Crippen molar-refractivity contribution in [2.75, 3.05) is 26.7 Å². The second-order valence-corrected chi connectivity index (χ2v) is 7.14. The molecule has 1 aromatic rings. The minimum atomic E-state index is 0.503. The Balaban J connectivity index is 1.74. The lowest BCUT2D eigenvalue weighted by atomic mass is 10.3. The van der Waals surface area contributed by atoms with E-state index in [0.717, 1.165) is 49.3 Å². The van der Waals surface area contributed by atoms with E-state index in [4.69, 9.17) is 9.73 Å². The van der Waals surface area contributed by atoms with Crippen LogP contribution in [0.5, 0.6) is 0 Å². The van der Waals surface area contributed by atoms with Gasteiger partial charge in [0.05, 0.1) is 23.4 Å². The van der Waals surface area contributed by atoms with Crippen molar-refractivity contribution in [1.82, 2.24) is 15.2 Å². The van der Waals surface area contributed by atoms with Crippen LogP contribution >= 0.6 is 11.3 Å². The van der Waals surface area contributed by atoms with Gasteiger partial charge in [-0.25, -0.2) is 4.98 Å². The molecule has 0 spiro atoms. The highest BCUT2D eigenvalue weighted by Gasteiger charge is 2.14. The fourth-order valence-electron chi connectivity index (χ4n) is 2.82. The van der Waals surface area contributed by atoms with Crippen molar-refractivity contribution in [2.24, 2.45) is 4.99 Å². The molecular formula is C17H30N4OS. The van der Waals surface area contributed by atoms with Crippen molar-refractivity contribution in [3.63, 3.8) is 0 Å². The Morgan fingerprint density at radius 2 is 2.26 bits per heavy atom. The summed E-state index contributed by atoms with van der Waals surface area (Å²) in [5.74, 6) is 0.944. The van der Waals surface area contributed by atoms with Gasteiger partial charge in [0.1, 0.15) is 0 Å². The molecule has 0 atom stereocenters. The van der Waals surface area contributed by atoms with Crippen molar-refractivity contribution < 1.29 is 4.74 Å². The fraction of sp³-hybridized carbons (Fsp3) is 0.765. The van der Waals surface area contributed by atoms with E-state index in [9.17, 15) is 0 Å². The summed E-state index contributed by atoms with van der Waals surface area (Å²) in [6, 6.07) is 0. The molecule has 1 heterocycles. The minimum Gasteiger partial charge on any atom is -0.378 e. The summed E-state index contributed by atoms with van der Waals surface area (Å²) in [5, 5.41) is 6.58. The zero-order valence-electron chi connectivity index (χ0n) is 14.7. The van der Waals surface area contributed by atoms with Gasteiger partial charge < -0.3 is 15.0 Å². The van der Waals surface area contributed by atoms with Crippen LogP contribution in [-0.4, -0.2) is 48.7 Å². The van der Waals surface area contributed by atoms with Crippen LogP contribution < -0.4 is 5.32 Å². The number of thiazole rings is 1. The third kappa shape index (κ3) is 6.47. The predicted octanol–water partition coefficient (Wildman–Crippen LogP) is 3.20. The molecule has 1 N–H and O–H groups in total. The van der Waals surface area contributed by atoms with Crippen LogP contribution in [0.2, 0.25) is 0 Å². The van der Waals surface area contributed by atoms with Crippen LogP contribution in [0.4, 0.5) is 0 Å². The van der Waals surface area contributed by atoms with Crippen LogP contribution in [0, 0.1) is 6.92 Å². The van der Waals surface area contributed by atoms with E-state index in [2.05, 4.69) is 34.6 Å². The summed E-state index contributed by atoms with van der Waals surface area (Å²) in [5.41, 5.74) is 1.10. The molecule has 0 amide bonds.